The zero-order chi connectivity index (χ0) is 15.2. The van der Waals surface area contributed by atoms with Gasteiger partial charge in [-0.15, -0.1) is 0 Å². The van der Waals surface area contributed by atoms with Crippen LogP contribution in [-0.4, -0.2) is 43.2 Å². The van der Waals surface area contributed by atoms with E-state index in [1.807, 2.05) is 24.3 Å². The lowest BCUT2D eigenvalue weighted by Crippen LogP contribution is -2.43. The summed E-state index contributed by atoms with van der Waals surface area (Å²) in [7, 11) is 1.78. The molecule has 5 nitrogen and oxygen atoms in total. The van der Waals surface area contributed by atoms with Gasteiger partial charge in [0.25, 0.3) is 0 Å². The Morgan fingerprint density at radius 2 is 2.14 bits per heavy atom. The Hall–Kier alpha value is -1.75. The molecule has 2 unspecified atom stereocenters. The first-order valence-electron chi connectivity index (χ1n) is 7.48. The summed E-state index contributed by atoms with van der Waals surface area (Å²) in [6.45, 7) is 3.03. The molecule has 0 bridgehead atoms. The summed E-state index contributed by atoms with van der Waals surface area (Å²) >= 11 is 0. The number of rotatable bonds is 6. The summed E-state index contributed by atoms with van der Waals surface area (Å²) < 4.78 is 11.5. The van der Waals surface area contributed by atoms with E-state index in [0.717, 1.165) is 24.3 Å². The predicted molar refractivity (Wildman–Crippen MR) is 81.5 cm³/mol. The van der Waals surface area contributed by atoms with Gasteiger partial charge in [-0.1, -0.05) is 25.5 Å². The van der Waals surface area contributed by atoms with Crippen molar-refractivity contribution in [1.29, 1.82) is 0 Å². The molecule has 1 aromatic rings. The Balaban J connectivity index is 1.83. The first-order valence-corrected chi connectivity index (χ1v) is 7.48. The average Bonchev–Trinajstić information content (AvgIpc) is 2.47. The van der Waals surface area contributed by atoms with Crippen LogP contribution in [0.15, 0.2) is 24.3 Å². The summed E-state index contributed by atoms with van der Waals surface area (Å²) in [4.78, 5) is 13.8. The molecule has 2 N–H and O–H groups in total. The van der Waals surface area contributed by atoms with Gasteiger partial charge in [0.2, 0.25) is 5.91 Å². The van der Waals surface area contributed by atoms with Gasteiger partial charge in [0.15, 0.2) is 17.6 Å². The fourth-order valence-corrected chi connectivity index (χ4v) is 2.41. The Labute approximate surface area is 126 Å². The van der Waals surface area contributed by atoms with E-state index in [-0.39, 0.29) is 18.1 Å². The van der Waals surface area contributed by atoms with E-state index in [4.69, 9.17) is 15.2 Å². The van der Waals surface area contributed by atoms with E-state index in [9.17, 15) is 4.79 Å². The number of amides is 1. The molecule has 1 aliphatic rings. The van der Waals surface area contributed by atoms with Gasteiger partial charge in [-0.05, 0) is 18.6 Å². The van der Waals surface area contributed by atoms with Gasteiger partial charge >= 0.3 is 0 Å². The molecule has 116 valence electrons. The number of hydrogen-bond acceptors (Lipinski definition) is 4. The van der Waals surface area contributed by atoms with E-state index in [1.165, 1.54) is 0 Å². The molecule has 0 aromatic heterocycles. The van der Waals surface area contributed by atoms with Crippen LogP contribution in [0.4, 0.5) is 0 Å². The molecule has 5 heteroatoms. The van der Waals surface area contributed by atoms with Gasteiger partial charge < -0.3 is 20.1 Å². The maximum atomic E-state index is 12.1. The lowest BCUT2D eigenvalue weighted by atomic mass is 10.1. The second-order valence-corrected chi connectivity index (χ2v) is 5.52. The SMILES string of the molecule is CCCC(N)CC(=O)N(C)CC1COc2ccccc2O1. The highest BCUT2D eigenvalue weighted by Crippen LogP contribution is 2.30. The number of para-hydroxylation sites is 2. The van der Waals surface area contributed by atoms with Crippen molar-refractivity contribution in [1.82, 2.24) is 4.90 Å². The quantitative estimate of drug-likeness (QED) is 0.868. The Bertz CT molecular complexity index is 478. The number of nitrogens with two attached hydrogens (primary N) is 1. The van der Waals surface area contributed by atoms with Crippen LogP contribution >= 0.6 is 0 Å². The van der Waals surface area contributed by atoms with Crippen molar-refractivity contribution in [3.8, 4) is 11.5 Å². The summed E-state index contributed by atoms with van der Waals surface area (Å²) in [5.74, 6) is 1.54. The molecule has 1 amide bonds. The first kappa shape index (κ1) is 15.6. The lowest BCUT2D eigenvalue weighted by molar-refractivity contribution is -0.131. The maximum absolute atomic E-state index is 12.1. The van der Waals surface area contributed by atoms with Crippen LogP contribution in [0, 0.1) is 0 Å². The zero-order valence-corrected chi connectivity index (χ0v) is 12.7. The van der Waals surface area contributed by atoms with Crippen molar-refractivity contribution in [2.75, 3.05) is 20.2 Å². The van der Waals surface area contributed by atoms with Crippen LogP contribution < -0.4 is 15.2 Å². The number of nitrogens with zero attached hydrogens (tertiary/aromatic N) is 1. The molecule has 1 heterocycles. The summed E-state index contributed by atoms with van der Waals surface area (Å²) in [6, 6.07) is 7.51. The minimum Gasteiger partial charge on any atom is -0.486 e. The monoisotopic (exact) mass is 292 g/mol. The molecule has 0 fully saturated rings. The number of benzene rings is 1. The molecular formula is C16H24N2O3. The third kappa shape index (κ3) is 4.36. The van der Waals surface area contributed by atoms with Crippen molar-refractivity contribution < 1.29 is 14.3 Å². The minimum atomic E-state index is -0.142. The number of likely N-dealkylation sites (N-methyl/N-ethyl adjacent to an activating group) is 1. The van der Waals surface area contributed by atoms with Crippen LogP contribution in [-0.2, 0) is 4.79 Å². The van der Waals surface area contributed by atoms with Gasteiger partial charge in [0, 0.05) is 19.5 Å². The van der Waals surface area contributed by atoms with Crippen LogP contribution in [0.5, 0.6) is 11.5 Å². The second-order valence-electron chi connectivity index (χ2n) is 5.52. The molecule has 0 saturated heterocycles. The van der Waals surface area contributed by atoms with Crippen molar-refractivity contribution in [2.24, 2.45) is 5.73 Å². The zero-order valence-electron chi connectivity index (χ0n) is 12.7. The highest BCUT2D eigenvalue weighted by molar-refractivity contribution is 5.76. The molecular weight excluding hydrogens is 268 g/mol. The van der Waals surface area contributed by atoms with Crippen molar-refractivity contribution in [3.05, 3.63) is 24.3 Å². The molecule has 1 aliphatic heterocycles. The van der Waals surface area contributed by atoms with Gasteiger partial charge in [-0.25, -0.2) is 0 Å². The van der Waals surface area contributed by atoms with E-state index in [0.29, 0.717) is 19.6 Å². The third-order valence-corrected chi connectivity index (χ3v) is 3.57. The number of carbonyl (C=O) groups is 1. The summed E-state index contributed by atoms with van der Waals surface area (Å²) in [5.41, 5.74) is 5.92. The number of hydrogen-bond donors (Lipinski definition) is 1. The maximum Gasteiger partial charge on any atom is 0.223 e. The number of carbonyl (C=O) groups excluding carboxylic acids is 1. The van der Waals surface area contributed by atoms with Gasteiger partial charge in [0.05, 0.1) is 6.54 Å². The van der Waals surface area contributed by atoms with E-state index >= 15 is 0 Å². The number of fused-ring (bicyclic) bond motifs is 1. The first-order chi connectivity index (χ1) is 10.1. The fraction of sp³-hybridized carbons (Fsp3) is 0.562. The van der Waals surface area contributed by atoms with Crippen molar-refractivity contribution in [3.63, 3.8) is 0 Å². The molecule has 1 aromatic carbocycles. The van der Waals surface area contributed by atoms with Crippen LogP contribution in [0.2, 0.25) is 0 Å². The molecule has 0 radical (unpaired) electrons. The van der Waals surface area contributed by atoms with E-state index in [1.54, 1.807) is 11.9 Å². The molecule has 2 atom stereocenters. The highest BCUT2D eigenvalue weighted by atomic mass is 16.6. The standard InChI is InChI=1S/C16H24N2O3/c1-3-6-12(17)9-16(19)18(2)10-13-11-20-14-7-4-5-8-15(14)21-13/h4-5,7-8,12-13H,3,6,9-11,17H2,1-2H3. The third-order valence-electron chi connectivity index (χ3n) is 3.57. The lowest BCUT2D eigenvalue weighted by Gasteiger charge is -2.30. The smallest absolute Gasteiger partial charge is 0.223 e. The minimum absolute atomic E-state index is 0.0541. The van der Waals surface area contributed by atoms with Gasteiger partial charge in [-0.3, -0.25) is 4.79 Å². The van der Waals surface area contributed by atoms with Crippen molar-refractivity contribution in [2.45, 2.75) is 38.3 Å². The molecule has 0 saturated carbocycles. The Morgan fingerprint density at radius 1 is 1.43 bits per heavy atom. The normalized spacial score (nSPS) is 18.1. The topological polar surface area (TPSA) is 64.8 Å². The number of ether oxygens (including phenoxy) is 2. The van der Waals surface area contributed by atoms with Gasteiger partial charge in [0.1, 0.15) is 6.61 Å². The fourth-order valence-electron chi connectivity index (χ4n) is 2.41. The molecule has 0 spiro atoms. The Morgan fingerprint density at radius 3 is 2.86 bits per heavy atom. The van der Waals surface area contributed by atoms with Crippen molar-refractivity contribution >= 4 is 5.91 Å². The average molecular weight is 292 g/mol. The van der Waals surface area contributed by atoms with Gasteiger partial charge in [-0.2, -0.15) is 0 Å². The van der Waals surface area contributed by atoms with E-state index < -0.39 is 0 Å². The molecule has 21 heavy (non-hydrogen) atoms. The summed E-state index contributed by atoms with van der Waals surface area (Å²) in [5, 5.41) is 0. The van der Waals surface area contributed by atoms with Crippen LogP contribution in [0.25, 0.3) is 0 Å². The largest absolute Gasteiger partial charge is 0.486 e. The highest BCUT2D eigenvalue weighted by Gasteiger charge is 2.24. The molecule has 0 aliphatic carbocycles. The van der Waals surface area contributed by atoms with Crippen LogP contribution in [0.1, 0.15) is 26.2 Å². The predicted octanol–water partition coefficient (Wildman–Crippen LogP) is 1.80. The molecule has 2 rings (SSSR count). The van der Waals surface area contributed by atoms with Crippen LogP contribution in [0.3, 0.4) is 0 Å². The second kappa shape index (κ2) is 7.31. The van der Waals surface area contributed by atoms with E-state index in [2.05, 4.69) is 6.92 Å². The Kier molecular flexibility index (Phi) is 5.44. The summed E-state index contributed by atoms with van der Waals surface area (Å²) in [6.07, 6.45) is 2.11.